The van der Waals surface area contributed by atoms with Gasteiger partial charge in [-0.3, -0.25) is 9.59 Å². The number of fused-ring (bicyclic) bond motifs is 1. The number of hydrogen-bond donors (Lipinski definition) is 1. The van der Waals surface area contributed by atoms with Crippen molar-refractivity contribution in [3.63, 3.8) is 0 Å². The summed E-state index contributed by atoms with van der Waals surface area (Å²) in [5.74, 6) is 0.163. The first kappa shape index (κ1) is 26.0. The molecular weight excluding hydrogens is 507 g/mol. The van der Waals surface area contributed by atoms with Gasteiger partial charge in [0.25, 0.3) is 0 Å². The van der Waals surface area contributed by atoms with Crippen LogP contribution < -0.4 is 15.1 Å². The van der Waals surface area contributed by atoms with Gasteiger partial charge in [-0.1, -0.05) is 44.2 Å². The highest BCUT2D eigenvalue weighted by Gasteiger charge is 2.43. The molecule has 206 valence electrons. The molecule has 1 atom stereocenters. The predicted molar refractivity (Wildman–Crippen MR) is 152 cm³/mol. The maximum absolute atomic E-state index is 15.5. The lowest BCUT2D eigenvalue weighted by Gasteiger charge is -2.40. The molecule has 1 aromatic heterocycles. The fraction of sp³-hybridized carbons (Fsp3) is 0.355. The SMILES string of the molecule is CC1(C)CC(=O)C2=C(C1)Nc1ccccc1N(CC(=O)N1CCN(c3ncccn3)CC1)C2c1ccccc1F. The molecule has 1 N–H and O–H groups in total. The zero-order valence-corrected chi connectivity index (χ0v) is 22.8. The van der Waals surface area contributed by atoms with E-state index in [9.17, 15) is 9.59 Å². The molecule has 2 aromatic carbocycles. The molecule has 1 fully saturated rings. The number of halogens is 1. The lowest BCUT2D eigenvalue weighted by atomic mass is 9.73. The van der Waals surface area contributed by atoms with E-state index in [1.807, 2.05) is 34.1 Å². The summed E-state index contributed by atoms with van der Waals surface area (Å²) in [4.78, 5) is 42.1. The number of Topliss-reactive ketones (excluding diaryl/α,β-unsaturated/α-hetero) is 1. The number of piperazine rings is 1. The second kappa shape index (κ2) is 10.4. The van der Waals surface area contributed by atoms with Gasteiger partial charge in [-0.05, 0) is 36.1 Å². The Hall–Kier alpha value is -4.27. The molecule has 0 spiro atoms. The predicted octanol–water partition coefficient (Wildman–Crippen LogP) is 4.58. The zero-order valence-electron chi connectivity index (χ0n) is 22.8. The molecule has 1 saturated heterocycles. The van der Waals surface area contributed by atoms with Crippen molar-refractivity contribution in [1.29, 1.82) is 0 Å². The van der Waals surface area contributed by atoms with Gasteiger partial charge in [0.15, 0.2) is 5.78 Å². The van der Waals surface area contributed by atoms with Crippen LogP contribution in [0.25, 0.3) is 0 Å². The van der Waals surface area contributed by atoms with Crippen LogP contribution in [0.4, 0.5) is 21.7 Å². The highest BCUT2D eigenvalue weighted by Crippen LogP contribution is 2.48. The van der Waals surface area contributed by atoms with Crippen molar-refractivity contribution in [2.75, 3.05) is 47.8 Å². The van der Waals surface area contributed by atoms with Gasteiger partial charge in [0.2, 0.25) is 11.9 Å². The highest BCUT2D eigenvalue weighted by molar-refractivity contribution is 6.02. The van der Waals surface area contributed by atoms with E-state index < -0.39 is 11.9 Å². The van der Waals surface area contributed by atoms with Crippen molar-refractivity contribution in [3.05, 3.63) is 89.6 Å². The third-order valence-corrected chi connectivity index (χ3v) is 7.98. The van der Waals surface area contributed by atoms with E-state index in [0.29, 0.717) is 56.1 Å². The van der Waals surface area contributed by atoms with Gasteiger partial charge in [0.1, 0.15) is 5.82 Å². The molecule has 9 heteroatoms. The standard InChI is InChI=1S/C31H33FN6O2/c1-31(2)18-24-28(26(39)19-31)29(21-8-3-4-9-22(21)32)38(25-11-6-5-10-23(25)35-24)20-27(40)36-14-16-37(17-15-36)30-33-12-7-13-34-30/h3-13,29,35H,14-20H2,1-2H3. The van der Waals surface area contributed by atoms with Gasteiger partial charge in [-0.15, -0.1) is 0 Å². The number of aromatic nitrogens is 2. The van der Waals surface area contributed by atoms with Crippen molar-refractivity contribution < 1.29 is 14.0 Å². The third kappa shape index (κ3) is 4.92. The maximum atomic E-state index is 15.5. The number of nitrogens with one attached hydrogen (secondary N) is 1. The summed E-state index contributed by atoms with van der Waals surface area (Å²) in [6.45, 7) is 6.44. The Labute approximate surface area is 233 Å². The van der Waals surface area contributed by atoms with Crippen LogP contribution in [0.15, 0.2) is 78.3 Å². The van der Waals surface area contributed by atoms with E-state index in [1.165, 1.54) is 6.07 Å². The summed E-state index contributed by atoms with van der Waals surface area (Å²) in [5.41, 5.74) is 3.07. The maximum Gasteiger partial charge on any atom is 0.242 e. The molecule has 8 nitrogen and oxygen atoms in total. The summed E-state index contributed by atoms with van der Waals surface area (Å²) >= 11 is 0. The zero-order chi connectivity index (χ0) is 27.9. The number of ketones is 1. The Balaban J connectivity index is 1.37. The molecule has 1 aliphatic carbocycles. The number of rotatable bonds is 4. The van der Waals surface area contributed by atoms with Gasteiger partial charge < -0.3 is 20.0 Å². The molecule has 1 unspecified atom stereocenters. The second-order valence-electron chi connectivity index (χ2n) is 11.4. The molecule has 2 aliphatic heterocycles. The van der Waals surface area contributed by atoms with Crippen LogP contribution in [0, 0.1) is 11.2 Å². The number of nitrogens with zero attached hydrogens (tertiary/aromatic N) is 5. The van der Waals surface area contributed by atoms with Crippen molar-refractivity contribution in [3.8, 4) is 0 Å². The largest absolute Gasteiger partial charge is 0.357 e. The number of carbonyl (C=O) groups excluding carboxylic acids is 2. The minimum absolute atomic E-state index is 0.00693. The van der Waals surface area contributed by atoms with Crippen molar-refractivity contribution in [2.45, 2.75) is 32.7 Å². The Morgan fingerprint density at radius 2 is 1.68 bits per heavy atom. The molecule has 6 rings (SSSR count). The van der Waals surface area contributed by atoms with Crippen LogP contribution in [-0.2, 0) is 9.59 Å². The summed E-state index contributed by atoms with van der Waals surface area (Å²) in [6, 6.07) is 15.3. The average molecular weight is 541 g/mol. The first-order valence-electron chi connectivity index (χ1n) is 13.7. The van der Waals surface area contributed by atoms with Crippen LogP contribution in [-0.4, -0.2) is 59.3 Å². The van der Waals surface area contributed by atoms with E-state index in [-0.39, 0.29) is 23.7 Å². The van der Waals surface area contributed by atoms with Gasteiger partial charge in [-0.25, -0.2) is 14.4 Å². The van der Waals surface area contributed by atoms with Gasteiger partial charge >= 0.3 is 0 Å². The Bertz CT molecular complexity index is 1470. The molecular formula is C31H33FN6O2. The summed E-state index contributed by atoms with van der Waals surface area (Å²) in [6.07, 6.45) is 4.44. The number of hydrogen-bond acceptors (Lipinski definition) is 7. The van der Waals surface area contributed by atoms with Crippen molar-refractivity contribution in [2.24, 2.45) is 5.41 Å². The lowest BCUT2D eigenvalue weighted by molar-refractivity contribution is -0.130. The number of amides is 1. The quantitative estimate of drug-likeness (QED) is 0.519. The molecule has 40 heavy (non-hydrogen) atoms. The Kier molecular flexibility index (Phi) is 6.73. The number of allylic oxidation sites excluding steroid dienone is 1. The van der Waals surface area contributed by atoms with E-state index in [2.05, 4.69) is 34.0 Å². The Morgan fingerprint density at radius 1 is 0.975 bits per heavy atom. The van der Waals surface area contributed by atoms with Crippen molar-refractivity contribution >= 4 is 29.0 Å². The first-order valence-corrected chi connectivity index (χ1v) is 13.7. The summed E-state index contributed by atoms with van der Waals surface area (Å²) < 4.78 is 15.5. The van der Waals surface area contributed by atoms with Crippen molar-refractivity contribution in [1.82, 2.24) is 14.9 Å². The van der Waals surface area contributed by atoms with Crippen LogP contribution in [0.3, 0.4) is 0 Å². The fourth-order valence-electron chi connectivity index (χ4n) is 6.10. The molecule has 3 aliphatic rings. The average Bonchev–Trinajstić information content (AvgIpc) is 3.07. The van der Waals surface area contributed by atoms with Crippen LogP contribution in [0.2, 0.25) is 0 Å². The van der Waals surface area contributed by atoms with Crippen LogP contribution in [0.5, 0.6) is 0 Å². The number of benzene rings is 2. The van der Waals surface area contributed by atoms with Crippen LogP contribution >= 0.6 is 0 Å². The smallest absolute Gasteiger partial charge is 0.242 e. The number of anilines is 3. The van der Waals surface area contributed by atoms with E-state index in [4.69, 9.17) is 0 Å². The Morgan fingerprint density at radius 3 is 2.42 bits per heavy atom. The number of para-hydroxylation sites is 2. The molecule has 0 radical (unpaired) electrons. The molecule has 0 bridgehead atoms. The summed E-state index contributed by atoms with van der Waals surface area (Å²) in [5, 5.41) is 3.52. The fourth-order valence-corrected chi connectivity index (χ4v) is 6.10. The first-order chi connectivity index (χ1) is 19.3. The van der Waals surface area contributed by atoms with E-state index in [0.717, 1.165) is 17.1 Å². The van der Waals surface area contributed by atoms with E-state index >= 15 is 4.39 Å². The molecule has 1 amide bonds. The highest BCUT2D eigenvalue weighted by atomic mass is 19.1. The number of carbonyl (C=O) groups is 2. The topological polar surface area (TPSA) is 81.7 Å². The van der Waals surface area contributed by atoms with Gasteiger partial charge in [0, 0.05) is 61.8 Å². The normalized spacial score (nSPS) is 20.4. The second-order valence-corrected chi connectivity index (χ2v) is 11.4. The van der Waals surface area contributed by atoms with Gasteiger partial charge in [0.05, 0.1) is 24.0 Å². The molecule has 3 heterocycles. The monoisotopic (exact) mass is 540 g/mol. The third-order valence-electron chi connectivity index (χ3n) is 7.98. The van der Waals surface area contributed by atoms with Crippen LogP contribution in [0.1, 0.15) is 38.3 Å². The van der Waals surface area contributed by atoms with E-state index in [1.54, 1.807) is 36.7 Å². The molecule has 0 saturated carbocycles. The minimum Gasteiger partial charge on any atom is -0.357 e. The minimum atomic E-state index is -0.737. The summed E-state index contributed by atoms with van der Waals surface area (Å²) in [7, 11) is 0. The molecule has 3 aromatic rings. The lowest BCUT2D eigenvalue weighted by Crippen LogP contribution is -2.52. The van der Waals surface area contributed by atoms with Gasteiger partial charge in [-0.2, -0.15) is 0 Å².